The first-order valence-corrected chi connectivity index (χ1v) is 9.42. The summed E-state index contributed by atoms with van der Waals surface area (Å²) in [5, 5.41) is 8.94. The second-order valence-corrected chi connectivity index (χ2v) is 8.04. The molecule has 0 aromatic carbocycles. The Morgan fingerprint density at radius 1 is 1.10 bits per heavy atom. The lowest BCUT2D eigenvalue weighted by Crippen LogP contribution is -2.40. The number of nitrogens with one attached hydrogen (secondary N) is 1. The largest absolute Gasteiger partial charge is 0.481 e. The number of carbonyl (C=O) groups is 1. The summed E-state index contributed by atoms with van der Waals surface area (Å²) in [4.78, 5) is 10.9. The fourth-order valence-electron chi connectivity index (χ4n) is 3.13. The van der Waals surface area contributed by atoms with Gasteiger partial charge in [-0.3, -0.25) is 4.79 Å². The van der Waals surface area contributed by atoms with E-state index >= 15 is 0 Å². The van der Waals surface area contributed by atoms with Crippen molar-refractivity contribution >= 4 is 16.0 Å². The molecule has 0 spiro atoms. The lowest BCUT2D eigenvalue weighted by molar-refractivity contribution is -0.142. The zero-order valence-electron chi connectivity index (χ0n) is 12.3. The van der Waals surface area contributed by atoms with E-state index in [4.69, 9.17) is 9.84 Å². The van der Waals surface area contributed by atoms with Gasteiger partial charge in [-0.15, -0.1) is 0 Å². The van der Waals surface area contributed by atoms with Gasteiger partial charge >= 0.3 is 5.97 Å². The van der Waals surface area contributed by atoms with E-state index in [1.165, 1.54) is 0 Å². The van der Waals surface area contributed by atoms with E-state index in [9.17, 15) is 13.2 Å². The molecule has 1 saturated heterocycles. The first-order chi connectivity index (χ1) is 9.96. The van der Waals surface area contributed by atoms with Crippen LogP contribution in [0.4, 0.5) is 0 Å². The standard InChI is InChI=1S/C14H25NO5S/c16-14(17)12-1-3-13(4-2-12)15-21(18,19)10-7-11-5-8-20-9-6-11/h11-13,15H,1-10H2,(H,16,17). The van der Waals surface area contributed by atoms with Gasteiger partial charge in [0.25, 0.3) is 0 Å². The van der Waals surface area contributed by atoms with Gasteiger partial charge in [-0.1, -0.05) is 0 Å². The molecular formula is C14H25NO5S. The van der Waals surface area contributed by atoms with E-state index in [0.717, 1.165) is 26.1 Å². The minimum absolute atomic E-state index is 0.0970. The number of rotatable bonds is 6. The van der Waals surface area contributed by atoms with E-state index in [1.807, 2.05) is 0 Å². The average molecular weight is 319 g/mol. The topological polar surface area (TPSA) is 92.7 Å². The van der Waals surface area contributed by atoms with Crippen molar-refractivity contribution in [2.75, 3.05) is 19.0 Å². The highest BCUT2D eigenvalue weighted by Gasteiger charge is 2.28. The average Bonchev–Trinajstić information content (AvgIpc) is 2.46. The van der Waals surface area contributed by atoms with Crippen LogP contribution in [-0.2, 0) is 19.6 Å². The number of carboxylic acid groups (broad SMARTS) is 1. The molecule has 1 heterocycles. The molecule has 0 bridgehead atoms. The third-order valence-corrected chi connectivity index (χ3v) is 6.02. The van der Waals surface area contributed by atoms with Crippen LogP contribution in [0.3, 0.4) is 0 Å². The third kappa shape index (κ3) is 5.56. The van der Waals surface area contributed by atoms with E-state index < -0.39 is 16.0 Å². The minimum Gasteiger partial charge on any atom is -0.481 e. The van der Waals surface area contributed by atoms with Crippen LogP contribution < -0.4 is 4.72 Å². The molecule has 0 amide bonds. The van der Waals surface area contributed by atoms with Crippen LogP contribution in [0.5, 0.6) is 0 Å². The van der Waals surface area contributed by atoms with Crippen molar-refractivity contribution in [3.63, 3.8) is 0 Å². The maximum atomic E-state index is 12.1. The van der Waals surface area contributed by atoms with E-state index in [0.29, 0.717) is 38.0 Å². The molecule has 2 fully saturated rings. The van der Waals surface area contributed by atoms with E-state index in [-0.39, 0.29) is 17.7 Å². The second-order valence-electron chi connectivity index (χ2n) is 6.17. The molecule has 122 valence electrons. The number of aliphatic carboxylic acids is 1. The summed E-state index contributed by atoms with van der Waals surface area (Å²) in [5.41, 5.74) is 0. The van der Waals surface area contributed by atoms with Crippen LogP contribution in [0.25, 0.3) is 0 Å². The fourth-order valence-corrected chi connectivity index (χ4v) is 4.63. The van der Waals surface area contributed by atoms with Gasteiger partial charge in [-0.05, 0) is 50.9 Å². The molecule has 2 aliphatic rings. The van der Waals surface area contributed by atoms with Gasteiger partial charge in [0.05, 0.1) is 11.7 Å². The highest BCUT2D eigenvalue weighted by atomic mass is 32.2. The molecule has 0 aromatic heterocycles. The van der Waals surface area contributed by atoms with Crippen molar-refractivity contribution in [2.45, 2.75) is 51.0 Å². The van der Waals surface area contributed by atoms with Crippen molar-refractivity contribution in [3.8, 4) is 0 Å². The van der Waals surface area contributed by atoms with Gasteiger partial charge in [0, 0.05) is 19.3 Å². The van der Waals surface area contributed by atoms with Crippen LogP contribution in [0.15, 0.2) is 0 Å². The predicted molar refractivity (Wildman–Crippen MR) is 78.5 cm³/mol. The smallest absolute Gasteiger partial charge is 0.306 e. The lowest BCUT2D eigenvalue weighted by Gasteiger charge is -2.27. The molecule has 0 unspecified atom stereocenters. The summed E-state index contributed by atoms with van der Waals surface area (Å²) in [6, 6.07) is -0.0970. The summed E-state index contributed by atoms with van der Waals surface area (Å²) in [6.45, 7) is 1.47. The zero-order chi connectivity index (χ0) is 15.3. The van der Waals surface area contributed by atoms with Gasteiger partial charge in [0.15, 0.2) is 0 Å². The summed E-state index contributed by atoms with van der Waals surface area (Å²) < 4.78 is 32.2. The molecule has 0 atom stereocenters. The van der Waals surface area contributed by atoms with Crippen molar-refractivity contribution in [1.82, 2.24) is 4.72 Å². The Bertz CT molecular complexity index is 436. The summed E-state index contributed by atoms with van der Waals surface area (Å²) in [5.74, 6) is -0.474. The van der Waals surface area contributed by atoms with Crippen LogP contribution in [-0.4, -0.2) is 44.5 Å². The van der Waals surface area contributed by atoms with Crippen LogP contribution in [0.2, 0.25) is 0 Å². The third-order valence-electron chi connectivity index (χ3n) is 4.56. The van der Waals surface area contributed by atoms with Gasteiger partial charge in [0.2, 0.25) is 10.0 Å². The van der Waals surface area contributed by atoms with Crippen LogP contribution in [0, 0.1) is 11.8 Å². The Labute approximate surface area is 126 Å². The molecule has 1 saturated carbocycles. The van der Waals surface area contributed by atoms with Crippen LogP contribution >= 0.6 is 0 Å². The molecule has 21 heavy (non-hydrogen) atoms. The van der Waals surface area contributed by atoms with Gasteiger partial charge < -0.3 is 9.84 Å². The Hall–Kier alpha value is -0.660. The Balaban J connectivity index is 1.72. The Kier molecular flexibility index (Phi) is 6.01. The highest BCUT2D eigenvalue weighted by Crippen LogP contribution is 2.25. The normalized spacial score (nSPS) is 28.4. The lowest BCUT2D eigenvalue weighted by atomic mass is 9.87. The predicted octanol–water partition coefficient (Wildman–Crippen LogP) is 1.37. The Morgan fingerprint density at radius 3 is 2.29 bits per heavy atom. The second kappa shape index (κ2) is 7.56. The first-order valence-electron chi connectivity index (χ1n) is 7.77. The number of ether oxygens (including phenoxy) is 1. The quantitative estimate of drug-likeness (QED) is 0.771. The molecule has 7 heteroatoms. The summed E-state index contributed by atoms with van der Waals surface area (Å²) in [6.07, 6.45) is 4.92. The maximum absolute atomic E-state index is 12.1. The van der Waals surface area contributed by atoms with Gasteiger partial charge in [-0.2, -0.15) is 0 Å². The van der Waals surface area contributed by atoms with Gasteiger partial charge in [0.1, 0.15) is 0 Å². The molecular weight excluding hydrogens is 294 g/mol. The van der Waals surface area contributed by atoms with E-state index in [2.05, 4.69) is 4.72 Å². The molecule has 6 nitrogen and oxygen atoms in total. The molecule has 2 N–H and O–H groups in total. The first kappa shape index (κ1) is 16.7. The SMILES string of the molecule is O=C(O)C1CCC(NS(=O)(=O)CCC2CCOCC2)CC1. The number of hydrogen-bond acceptors (Lipinski definition) is 4. The fraction of sp³-hybridized carbons (Fsp3) is 0.929. The Morgan fingerprint density at radius 2 is 1.71 bits per heavy atom. The van der Waals surface area contributed by atoms with Crippen molar-refractivity contribution in [1.29, 1.82) is 0 Å². The molecule has 2 rings (SSSR count). The molecule has 0 aromatic rings. The van der Waals surface area contributed by atoms with Gasteiger partial charge in [-0.25, -0.2) is 13.1 Å². The monoisotopic (exact) mass is 319 g/mol. The number of carboxylic acids is 1. The molecule has 1 aliphatic carbocycles. The van der Waals surface area contributed by atoms with Crippen molar-refractivity contribution < 1.29 is 23.1 Å². The summed E-state index contributed by atoms with van der Waals surface area (Å²) in [7, 11) is -3.26. The van der Waals surface area contributed by atoms with Crippen molar-refractivity contribution in [2.24, 2.45) is 11.8 Å². The molecule has 0 radical (unpaired) electrons. The molecule has 1 aliphatic heterocycles. The number of sulfonamides is 1. The maximum Gasteiger partial charge on any atom is 0.306 e. The summed E-state index contributed by atoms with van der Waals surface area (Å²) >= 11 is 0. The minimum atomic E-state index is -3.26. The number of hydrogen-bond donors (Lipinski definition) is 2. The zero-order valence-corrected chi connectivity index (χ0v) is 13.1. The highest BCUT2D eigenvalue weighted by molar-refractivity contribution is 7.89. The van der Waals surface area contributed by atoms with Crippen molar-refractivity contribution in [3.05, 3.63) is 0 Å². The van der Waals surface area contributed by atoms with Crippen LogP contribution in [0.1, 0.15) is 44.9 Å². The van der Waals surface area contributed by atoms with E-state index in [1.54, 1.807) is 0 Å².